The highest BCUT2D eigenvalue weighted by molar-refractivity contribution is 7.99. The maximum Gasteiger partial charge on any atom is 0.122 e. The maximum atomic E-state index is 5.90. The molecular formula is C17H20OS. The number of hydrogen-bond acceptors (Lipinski definition) is 2. The Morgan fingerprint density at radius 2 is 1.63 bits per heavy atom. The lowest BCUT2D eigenvalue weighted by Gasteiger charge is -2.13. The summed E-state index contributed by atoms with van der Waals surface area (Å²) in [5, 5.41) is 0. The van der Waals surface area contributed by atoms with Crippen molar-refractivity contribution in [2.45, 2.75) is 24.7 Å². The van der Waals surface area contributed by atoms with E-state index < -0.39 is 0 Å². The number of thioether (sulfide) groups is 1. The van der Waals surface area contributed by atoms with Gasteiger partial charge in [0.15, 0.2) is 0 Å². The van der Waals surface area contributed by atoms with Gasteiger partial charge in [-0.2, -0.15) is 0 Å². The van der Waals surface area contributed by atoms with Crippen molar-refractivity contribution in [1.82, 2.24) is 0 Å². The molecule has 0 aliphatic heterocycles. The average Bonchev–Trinajstić information content (AvgIpc) is 2.45. The smallest absolute Gasteiger partial charge is 0.122 e. The molecule has 0 aliphatic rings. The normalized spacial score (nSPS) is 10.7. The highest BCUT2D eigenvalue weighted by atomic mass is 32.2. The summed E-state index contributed by atoms with van der Waals surface area (Å²) >= 11 is 1.83. The molecule has 0 amide bonds. The summed E-state index contributed by atoms with van der Waals surface area (Å²) in [6.07, 6.45) is 0. The Bertz CT molecular complexity index is 494. The van der Waals surface area contributed by atoms with Crippen molar-refractivity contribution < 1.29 is 4.74 Å². The molecule has 0 aromatic heterocycles. The first-order valence-electron chi connectivity index (χ1n) is 6.67. The van der Waals surface area contributed by atoms with Crippen LogP contribution in [0.3, 0.4) is 0 Å². The van der Waals surface area contributed by atoms with Gasteiger partial charge >= 0.3 is 0 Å². The van der Waals surface area contributed by atoms with Crippen LogP contribution in [-0.4, -0.2) is 12.4 Å². The van der Waals surface area contributed by atoms with Crippen molar-refractivity contribution in [3.8, 4) is 5.75 Å². The van der Waals surface area contributed by atoms with E-state index in [9.17, 15) is 0 Å². The zero-order valence-corrected chi connectivity index (χ0v) is 12.3. The van der Waals surface area contributed by atoms with Gasteiger partial charge in [-0.3, -0.25) is 0 Å². The Morgan fingerprint density at radius 1 is 0.947 bits per heavy atom. The Kier molecular flexibility index (Phi) is 5.34. The summed E-state index contributed by atoms with van der Waals surface area (Å²) in [5.41, 5.74) is 1.28. The number of ether oxygens (including phenoxy) is 1. The van der Waals surface area contributed by atoms with Crippen LogP contribution < -0.4 is 4.74 Å². The van der Waals surface area contributed by atoms with Crippen LogP contribution in [-0.2, 0) is 0 Å². The van der Waals surface area contributed by atoms with E-state index in [1.807, 2.05) is 23.9 Å². The van der Waals surface area contributed by atoms with Crippen molar-refractivity contribution in [2.75, 3.05) is 12.4 Å². The summed E-state index contributed by atoms with van der Waals surface area (Å²) in [5.74, 6) is 2.49. The van der Waals surface area contributed by atoms with Gasteiger partial charge in [0.25, 0.3) is 0 Å². The van der Waals surface area contributed by atoms with Gasteiger partial charge in [-0.05, 0) is 29.7 Å². The SMILES string of the molecule is CC(C)c1ccccc1OCCSc1ccccc1. The molecule has 0 N–H and O–H groups in total. The van der Waals surface area contributed by atoms with Crippen LogP contribution >= 0.6 is 11.8 Å². The molecule has 0 radical (unpaired) electrons. The van der Waals surface area contributed by atoms with E-state index >= 15 is 0 Å². The summed E-state index contributed by atoms with van der Waals surface area (Å²) in [6, 6.07) is 18.7. The molecule has 2 aromatic rings. The Balaban J connectivity index is 1.83. The molecule has 0 unspecified atom stereocenters. The van der Waals surface area contributed by atoms with Crippen LogP contribution in [0.5, 0.6) is 5.75 Å². The van der Waals surface area contributed by atoms with Crippen molar-refractivity contribution in [3.05, 3.63) is 60.2 Å². The molecule has 2 rings (SSSR count). The van der Waals surface area contributed by atoms with E-state index in [4.69, 9.17) is 4.74 Å². The minimum atomic E-state index is 0.498. The Labute approximate surface area is 120 Å². The highest BCUT2D eigenvalue weighted by Gasteiger charge is 2.06. The van der Waals surface area contributed by atoms with Gasteiger partial charge in [-0.15, -0.1) is 11.8 Å². The van der Waals surface area contributed by atoms with Gasteiger partial charge in [0, 0.05) is 10.6 Å². The molecule has 0 atom stereocenters. The summed E-state index contributed by atoms with van der Waals surface area (Å²) in [4.78, 5) is 1.29. The Hall–Kier alpha value is -1.41. The molecule has 19 heavy (non-hydrogen) atoms. The third-order valence-corrected chi connectivity index (χ3v) is 3.87. The first kappa shape index (κ1) is 14.0. The summed E-state index contributed by atoms with van der Waals surface area (Å²) in [6.45, 7) is 5.13. The van der Waals surface area contributed by atoms with E-state index in [0.717, 1.165) is 18.1 Å². The molecule has 0 bridgehead atoms. The predicted octanol–water partition coefficient (Wildman–Crippen LogP) is 4.98. The van der Waals surface area contributed by atoms with Crippen LogP contribution in [0.1, 0.15) is 25.3 Å². The lowest BCUT2D eigenvalue weighted by Crippen LogP contribution is -2.03. The van der Waals surface area contributed by atoms with Gasteiger partial charge in [0.2, 0.25) is 0 Å². The monoisotopic (exact) mass is 272 g/mol. The lowest BCUT2D eigenvalue weighted by molar-refractivity contribution is 0.339. The third-order valence-electron chi connectivity index (χ3n) is 2.89. The van der Waals surface area contributed by atoms with Crippen LogP contribution in [0.2, 0.25) is 0 Å². The molecular weight excluding hydrogens is 252 g/mol. The average molecular weight is 272 g/mol. The molecule has 0 heterocycles. The largest absolute Gasteiger partial charge is 0.492 e. The van der Waals surface area contributed by atoms with Crippen molar-refractivity contribution in [3.63, 3.8) is 0 Å². The van der Waals surface area contributed by atoms with Crippen molar-refractivity contribution in [2.24, 2.45) is 0 Å². The standard InChI is InChI=1S/C17H20OS/c1-14(2)16-10-6-7-11-17(16)18-12-13-19-15-8-4-3-5-9-15/h3-11,14H,12-13H2,1-2H3. The zero-order valence-electron chi connectivity index (χ0n) is 11.5. The van der Waals surface area contributed by atoms with Gasteiger partial charge in [-0.25, -0.2) is 0 Å². The van der Waals surface area contributed by atoms with Crippen LogP contribution in [0.15, 0.2) is 59.5 Å². The van der Waals surface area contributed by atoms with Crippen LogP contribution in [0.4, 0.5) is 0 Å². The second-order valence-corrected chi connectivity index (χ2v) is 5.87. The third kappa shape index (κ3) is 4.32. The molecule has 0 fully saturated rings. The van der Waals surface area contributed by atoms with Crippen molar-refractivity contribution in [1.29, 1.82) is 0 Å². The van der Waals surface area contributed by atoms with Gasteiger partial charge in [-0.1, -0.05) is 50.2 Å². The zero-order chi connectivity index (χ0) is 13.5. The molecule has 1 nitrogen and oxygen atoms in total. The van der Waals surface area contributed by atoms with Gasteiger partial charge < -0.3 is 4.74 Å². The first-order chi connectivity index (χ1) is 9.27. The van der Waals surface area contributed by atoms with E-state index in [-0.39, 0.29) is 0 Å². The molecule has 0 saturated carbocycles. The minimum absolute atomic E-state index is 0.498. The maximum absolute atomic E-state index is 5.90. The fraction of sp³-hybridized carbons (Fsp3) is 0.294. The number of rotatable bonds is 6. The first-order valence-corrected chi connectivity index (χ1v) is 7.65. The van der Waals surface area contributed by atoms with E-state index in [2.05, 4.69) is 56.3 Å². The fourth-order valence-corrected chi connectivity index (χ4v) is 2.67. The lowest BCUT2D eigenvalue weighted by atomic mass is 10.0. The van der Waals surface area contributed by atoms with Crippen LogP contribution in [0, 0.1) is 0 Å². The molecule has 100 valence electrons. The predicted molar refractivity (Wildman–Crippen MR) is 83.2 cm³/mol. The minimum Gasteiger partial charge on any atom is -0.492 e. The van der Waals surface area contributed by atoms with E-state index in [1.165, 1.54) is 10.5 Å². The van der Waals surface area contributed by atoms with E-state index in [1.54, 1.807) is 0 Å². The molecule has 2 aromatic carbocycles. The number of benzene rings is 2. The van der Waals surface area contributed by atoms with Gasteiger partial charge in [0.05, 0.1) is 6.61 Å². The quantitative estimate of drug-likeness (QED) is 0.541. The Morgan fingerprint density at radius 3 is 2.37 bits per heavy atom. The molecule has 0 saturated heterocycles. The molecule has 0 spiro atoms. The number of para-hydroxylation sites is 1. The molecule has 2 heteroatoms. The van der Waals surface area contributed by atoms with E-state index in [0.29, 0.717) is 5.92 Å². The summed E-state index contributed by atoms with van der Waals surface area (Å²) < 4.78 is 5.90. The highest BCUT2D eigenvalue weighted by Crippen LogP contribution is 2.26. The second-order valence-electron chi connectivity index (χ2n) is 4.70. The fourth-order valence-electron chi connectivity index (χ4n) is 1.92. The van der Waals surface area contributed by atoms with Gasteiger partial charge in [0.1, 0.15) is 5.75 Å². The van der Waals surface area contributed by atoms with Crippen molar-refractivity contribution >= 4 is 11.8 Å². The summed E-state index contributed by atoms with van der Waals surface area (Å²) in [7, 11) is 0. The molecule has 0 aliphatic carbocycles. The topological polar surface area (TPSA) is 9.23 Å². The second kappa shape index (κ2) is 7.25. The number of hydrogen-bond donors (Lipinski definition) is 0. The van der Waals surface area contributed by atoms with Crippen LogP contribution in [0.25, 0.3) is 0 Å².